The summed E-state index contributed by atoms with van der Waals surface area (Å²) in [6.07, 6.45) is 2.85. The molecule has 1 N–H and O–H groups in total. The minimum atomic E-state index is -0.529. The van der Waals surface area contributed by atoms with Gasteiger partial charge in [-0.15, -0.1) is 0 Å². The van der Waals surface area contributed by atoms with E-state index in [0.717, 1.165) is 11.5 Å². The molecule has 7 heteroatoms. The molecule has 0 saturated heterocycles. The van der Waals surface area contributed by atoms with Crippen LogP contribution in [0.25, 0.3) is 0 Å². The van der Waals surface area contributed by atoms with E-state index in [0.29, 0.717) is 18.3 Å². The molecule has 0 bridgehead atoms. The van der Waals surface area contributed by atoms with Crippen LogP contribution in [0.4, 0.5) is 5.82 Å². The fraction of sp³-hybridized carbons (Fsp3) is 0.333. The van der Waals surface area contributed by atoms with Crippen LogP contribution in [-0.2, 0) is 11.3 Å². The highest BCUT2D eigenvalue weighted by Gasteiger charge is 2.09. The number of esters is 1. The standard InChI is InChI=1S/C12H14N4O3/c1-7-8(2)19-11(15-7)6-14-10-5-13-4-9(16-10)12(17)18-3/h4-5H,6H2,1-3H3,(H,14,16). The Morgan fingerprint density at radius 1 is 1.37 bits per heavy atom. The molecular weight excluding hydrogens is 248 g/mol. The van der Waals surface area contributed by atoms with Crippen LogP contribution < -0.4 is 5.32 Å². The third kappa shape index (κ3) is 3.06. The van der Waals surface area contributed by atoms with E-state index in [9.17, 15) is 4.79 Å². The second kappa shape index (κ2) is 5.47. The highest BCUT2D eigenvalue weighted by atomic mass is 16.5. The summed E-state index contributed by atoms with van der Waals surface area (Å²) in [7, 11) is 1.29. The second-order valence-electron chi connectivity index (χ2n) is 3.88. The molecule has 0 aliphatic heterocycles. The second-order valence-corrected chi connectivity index (χ2v) is 3.88. The van der Waals surface area contributed by atoms with Crippen molar-refractivity contribution in [3.05, 3.63) is 35.4 Å². The molecule has 100 valence electrons. The fourth-order valence-corrected chi connectivity index (χ4v) is 1.44. The Balaban J connectivity index is 2.05. The average molecular weight is 262 g/mol. The van der Waals surface area contributed by atoms with Gasteiger partial charge in [0.15, 0.2) is 5.69 Å². The SMILES string of the molecule is COC(=O)c1cncc(NCc2nc(C)c(C)o2)n1. The number of hydrogen-bond donors (Lipinski definition) is 1. The van der Waals surface area contributed by atoms with Crippen LogP contribution in [0.3, 0.4) is 0 Å². The minimum absolute atomic E-state index is 0.146. The van der Waals surface area contributed by atoms with Crippen LogP contribution in [0.5, 0.6) is 0 Å². The summed E-state index contributed by atoms with van der Waals surface area (Å²) in [5.41, 5.74) is 0.999. The van der Waals surface area contributed by atoms with Crippen molar-refractivity contribution in [2.45, 2.75) is 20.4 Å². The number of carbonyl (C=O) groups excluding carboxylic acids is 1. The van der Waals surface area contributed by atoms with Gasteiger partial charge in [-0.2, -0.15) is 0 Å². The van der Waals surface area contributed by atoms with E-state index in [-0.39, 0.29) is 5.69 Å². The van der Waals surface area contributed by atoms with Crippen molar-refractivity contribution >= 4 is 11.8 Å². The topological polar surface area (TPSA) is 90.1 Å². The maximum Gasteiger partial charge on any atom is 0.358 e. The molecule has 19 heavy (non-hydrogen) atoms. The number of rotatable bonds is 4. The molecule has 2 aromatic heterocycles. The Morgan fingerprint density at radius 2 is 2.16 bits per heavy atom. The maximum absolute atomic E-state index is 11.3. The lowest BCUT2D eigenvalue weighted by molar-refractivity contribution is 0.0593. The fourth-order valence-electron chi connectivity index (χ4n) is 1.44. The van der Waals surface area contributed by atoms with Crippen LogP contribution in [0, 0.1) is 13.8 Å². The summed E-state index contributed by atoms with van der Waals surface area (Å²) in [6, 6.07) is 0. The Morgan fingerprint density at radius 3 is 2.79 bits per heavy atom. The summed E-state index contributed by atoms with van der Waals surface area (Å²) >= 11 is 0. The molecule has 7 nitrogen and oxygen atoms in total. The summed E-state index contributed by atoms with van der Waals surface area (Å²) in [5.74, 6) is 1.27. The third-order valence-electron chi connectivity index (χ3n) is 2.52. The van der Waals surface area contributed by atoms with E-state index in [2.05, 4.69) is 25.0 Å². The zero-order valence-electron chi connectivity index (χ0n) is 10.9. The molecule has 2 heterocycles. The molecule has 0 spiro atoms. The molecule has 2 rings (SSSR count). The number of hydrogen-bond acceptors (Lipinski definition) is 7. The summed E-state index contributed by atoms with van der Waals surface area (Å²) in [6.45, 7) is 4.09. The van der Waals surface area contributed by atoms with Gasteiger partial charge in [0.1, 0.15) is 11.6 Å². The number of methoxy groups -OCH3 is 1. The largest absolute Gasteiger partial charge is 0.464 e. The molecular formula is C12H14N4O3. The van der Waals surface area contributed by atoms with Gasteiger partial charge in [-0.25, -0.2) is 14.8 Å². The number of aromatic nitrogens is 3. The van der Waals surface area contributed by atoms with Gasteiger partial charge >= 0.3 is 5.97 Å². The van der Waals surface area contributed by atoms with Crippen LogP contribution in [0.15, 0.2) is 16.8 Å². The van der Waals surface area contributed by atoms with Gasteiger partial charge in [-0.05, 0) is 13.8 Å². The number of nitrogens with zero attached hydrogens (tertiary/aromatic N) is 3. The van der Waals surface area contributed by atoms with Crippen molar-refractivity contribution in [2.24, 2.45) is 0 Å². The van der Waals surface area contributed by atoms with E-state index in [1.807, 2.05) is 13.8 Å². The molecule has 0 atom stereocenters. The lowest BCUT2D eigenvalue weighted by atomic mass is 10.4. The number of nitrogens with one attached hydrogen (secondary N) is 1. The Kier molecular flexibility index (Phi) is 3.74. The first-order chi connectivity index (χ1) is 9.10. The van der Waals surface area contributed by atoms with Crippen molar-refractivity contribution in [2.75, 3.05) is 12.4 Å². The molecule has 0 aliphatic carbocycles. The van der Waals surface area contributed by atoms with Gasteiger partial charge in [0.05, 0.1) is 31.7 Å². The minimum Gasteiger partial charge on any atom is -0.464 e. The van der Waals surface area contributed by atoms with Gasteiger partial charge in [0.2, 0.25) is 5.89 Å². The van der Waals surface area contributed by atoms with E-state index < -0.39 is 5.97 Å². The van der Waals surface area contributed by atoms with Gasteiger partial charge < -0.3 is 14.5 Å². The van der Waals surface area contributed by atoms with Crippen LogP contribution >= 0.6 is 0 Å². The number of carbonyl (C=O) groups is 1. The highest BCUT2D eigenvalue weighted by Crippen LogP contribution is 2.10. The molecule has 0 aliphatic rings. The number of anilines is 1. The molecule has 2 aromatic rings. The highest BCUT2D eigenvalue weighted by molar-refractivity contribution is 5.87. The van der Waals surface area contributed by atoms with Crippen molar-refractivity contribution < 1.29 is 13.9 Å². The van der Waals surface area contributed by atoms with Crippen LogP contribution in [-0.4, -0.2) is 28.0 Å². The molecule has 0 unspecified atom stereocenters. The molecule has 0 fully saturated rings. The molecule has 0 saturated carbocycles. The first-order valence-corrected chi connectivity index (χ1v) is 5.67. The first-order valence-electron chi connectivity index (χ1n) is 5.67. The van der Waals surface area contributed by atoms with Crippen molar-refractivity contribution in [3.63, 3.8) is 0 Å². The van der Waals surface area contributed by atoms with E-state index in [4.69, 9.17) is 4.42 Å². The van der Waals surface area contributed by atoms with Gasteiger partial charge in [0.25, 0.3) is 0 Å². The van der Waals surface area contributed by atoms with E-state index >= 15 is 0 Å². The summed E-state index contributed by atoms with van der Waals surface area (Å²) in [4.78, 5) is 23.5. The van der Waals surface area contributed by atoms with Gasteiger partial charge in [0, 0.05) is 0 Å². The number of oxazole rings is 1. The zero-order chi connectivity index (χ0) is 13.8. The zero-order valence-corrected chi connectivity index (χ0v) is 10.9. The van der Waals surface area contributed by atoms with Crippen LogP contribution in [0.2, 0.25) is 0 Å². The monoisotopic (exact) mass is 262 g/mol. The maximum atomic E-state index is 11.3. The first kappa shape index (κ1) is 13.0. The normalized spacial score (nSPS) is 10.3. The number of ether oxygens (including phenoxy) is 1. The predicted octanol–water partition coefficient (Wildman–Crippen LogP) is 1.48. The molecule has 0 radical (unpaired) electrons. The smallest absolute Gasteiger partial charge is 0.358 e. The van der Waals surface area contributed by atoms with Gasteiger partial charge in [-0.1, -0.05) is 0 Å². The summed E-state index contributed by atoms with van der Waals surface area (Å²) < 4.78 is 9.99. The Hall–Kier alpha value is -2.44. The Labute approximate surface area is 110 Å². The van der Waals surface area contributed by atoms with Crippen molar-refractivity contribution in [1.29, 1.82) is 0 Å². The van der Waals surface area contributed by atoms with E-state index in [1.54, 1.807) is 0 Å². The predicted molar refractivity (Wildman–Crippen MR) is 66.7 cm³/mol. The van der Waals surface area contributed by atoms with Crippen molar-refractivity contribution in [3.8, 4) is 0 Å². The van der Waals surface area contributed by atoms with Gasteiger partial charge in [-0.3, -0.25) is 4.98 Å². The van der Waals surface area contributed by atoms with Crippen LogP contribution in [0.1, 0.15) is 27.8 Å². The third-order valence-corrected chi connectivity index (χ3v) is 2.52. The Bertz CT molecular complexity index is 575. The molecule has 0 amide bonds. The quantitative estimate of drug-likeness (QED) is 0.834. The average Bonchev–Trinajstić information content (AvgIpc) is 2.75. The summed E-state index contributed by atoms with van der Waals surface area (Å²) in [5, 5.41) is 2.98. The van der Waals surface area contributed by atoms with Crippen molar-refractivity contribution in [1.82, 2.24) is 15.0 Å². The lowest BCUT2D eigenvalue weighted by Crippen LogP contribution is -2.08. The van der Waals surface area contributed by atoms with E-state index in [1.165, 1.54) is 19.5 Å². The number of aryl methyl sites for hydroxylation is 2. The molecule has 0 aromatic carbocycles. The lowest BCUT2D eigenvalue weighted by Gasteiger charge is -2.03.